The van der Waals surface area contributed by atoms with E-state index in [9.17, 15) is 0 Å². The van der Waals surface area contributed by atoms with Crippen LogP contribution >= 0.6 is 0 Å². The molecule has 2 rings (SSSR count). The number of hydrogen-bond donors (Lipinski definition) is 1. The van der Waals surface area contributed by atoms with Crippen molar-refractivity contribution in [3.8, 4) is 0 Å². The molecule has 1 N–H and O–H groups in total. The van der Waals surface area contributed by atoms with Gasteiger partial charge >= 0.3 is 0 Å². The molecule has 14 heavy (non-hydrogen) atoms. The van der Waals surface area contributed by atoms with Gasteiger partial charge in [0.25, 0.3) is 0 Å². The summed E-state index contributed by atoms with van der Waals surface area (Å²) >= 11 is 0. The van der Waals surface area contributed by atoms with E-state index in [1.165, 1.54) is 32.5 Å². The second-order valence-electron chi connectivity index (χ2n) is 5.95. The van der Waals surface area contributed by atoms with E-state index in [0.29, 0.717) is 11.1 Å². The quantitative estimate of drug-likeness (QED) is 0.725. The van der Waals surface area contributed by atoms with E-state index in [-0.39, 0.29) is 0 Å². The molecule has 0 aromatic heterocycles. The molecule has 1 atom stereocenters. The fourth-order valence-electron chi connectivity index (χ4n) is 3.13. The highest BCUT2D eigenvalue weighted by atomic mass is 15.4. The molecule has 0 aliphatic carbocycles. The van der Waals surface area contributed by atoms with E-state index in [2.05, 4.69) is 37.9 Å². The van der Waals surface area contributed by atoms with Crippen LogP contribution in [0.25, 0.3) is 0 Å². The maximum Gasteiger partial charge on any atom is 0.0490 e. The van der Waals surface area contributed by atoms with E-state index in [4.69, 9.17) is 0 Å². The summed E-state index contributed by atoms with van der Waals surface area (Å²) in [5.74, 6) is 0.785. The molecule has 1 spiro atoms. The largest absolute Gasteiger partial charge is 0.308 e. The minimum absolute atomic E-state index is 0.369. The third kappa shape index (κ3) is 1.31. The van der Waals surface area contributed by atoms with E-state index >= 15 is 0 Å². The van der Waals surface area contributed by atoms with Crippen molar-refractivity contribution in [2.24, 2.45) is 5.92 Å². The van der Waals surface area contributed by atoms with Crippen LogP contribution in [0.5, 0.6) is 0 Å². The summed E-state index contributed by atoms with van der Waals surface area (Å²) in [6.07, 6.45) is 2.73. The Bertz CT molecular complexity index is 214. The molecule has 82 valence electrons. The van der Waals surface area contributed by atoms with Gasteiger partial charge in [0.1, 0.15) is 0 Å². The monoisotopic (exact) mass is 196 g/mol. The minimum atomic E-state index is 0.369. The molecular weight excluding hydrogens is 172 g/mol. The predicted molar refractivity (Wildman–Crippen MR) is 60.5 cm³/mol. The van der Waals surface area contributed by atoms with Gasteiger partial charge in [0.05, 0.1) is 0 Å². The smallest absolute Gasteiger partial charge is 0.0490 e. The van der Waals surface area contributed by atoms with Crippen LogP contribution in [-0.2, 0) is 0 Å². The normalized spacial score (nSPS) is 36.6. The van der Waals surface area contributed by atoms with E-state index in [1.807, 2.05) is 0 Å². The maximum atomic E-state index is 3.72. The molecule has 2 nitrogen and oxygen atoms in total. The van der Waals surface area contributed by atoms with Crippen LogP contribution in [0.1, 0.15) is 40.5 Å². The lowest BCUT2D eigenvalue weighted by Crippen LogP contribution is -2.80. The maximum absolute atomic E-state index is 3.72. The van der Waals surface area contributed by atoms with E-state index in [1.54, 1.807) is 0 Å². The van der Waals surface area contributed by atoms with Gasteiger partial charge in [0, 0.05) is 24.2 Å². The molecule has 0 aromatic rings. The van der Waals surface area contributed by atoms with Crippen LogP contribution < -0.4 is 5.32 Å². The first-order valence-corrected chi connectivity index (χ1v) is 5.98. The fourth-order valence-corrected chi connectivity index (χ4v) is 3.13. The van der Waals surface area contributed by atoms with Gasteiger partial charge in [0.2, 0.25) is 0 Å². The molecule has 0 saturated carbocycles. The lowest BCUT2D eigenvalue weighted by Gasteiger charge is -2.63. The van der Waals surface area contributed by atoms with Crippen molar-refractivity contribution in [3.63, 3.8) is 0 Å². The van der Waals surface area contributed by atoms with Crippen molar-refractivity contribution in [1.82, 2.24) is 10.2 Å². The number of rotatable bonds is 2. The SMILES string of the molecule is CC(C)CN1CC2(CCCN2)C1(C)C. The molecule has 2 aliphatic rings. The average molecular weight is 196 g/mol. The van der Waals surface area contributed by atoms with Crippen LogP contribution in [0.4, 0.5) is 0 Å². The van der Waals surface area contributed by atoms with Crippen LogP contribution in [0, 0.1) is 5.92 Å². The van der Waals surface area contributed by atoms with E-state index in [0.717, 1.165) is 5.92 Å². The Morgan fingerprint density at radius 2 is 2.07 bits per heavy atom. The van der Waals surface area contributed by atoms with Gasteiger partial charge in [-0.15, -0.1) is 0 Å². The van der Waals surface area contributed by atoms with Crippen LogP contribution in [-0.4, -0.2) is 35.6 Å². The molecule has 0 bridgehead atoms. The third-order valence-corrected chi connectivity index (χ3v) is 4.25. The Hall–Kier alpha value is -0.0800. The Balaban J connectivity index is 2.02. The second kappa shape index (κ2) is 3.21. The third-order valence-electron chi connectivity index (χ3n) is 4.25. The molecule has 1 unspecified atom stereocenters. The molecule has 2 aliphatic heterocycles. The first-order valence-electron chi connectivity index (χ1n) is 5.98. The molecule has 0 amide bonds. The first-order chi connectivity index (χ1) is 6.48. The Labute approximate surface area is 88.1 Å². The lowest BCUT2D eigenvalue weighted by molar-refractivity contribution is -0.0947. The van der Waals surface area contributed by atoms with Gasteiger partial charge in [-0.25, -0.2) is 0 Å². The molecule has 0 aromatic carbocycles. The summed E-state index contributed by atoms with van der Waals surface area (Å²) in [5.41, 5.74) is 0.815. The fraction of sp³-hybridized carbons (Fsp3) is 1.00. The summed E-state index contributed by atoms with van der Waals surface area (Å²) < 4.78 is 0. The van der Waals surface area contributed by atoms with Crippen LogP contribution in [0.15, 0.2) is 0 Å². The summed E-state index contributed by atoms with van der Waals surface area (Å²) in [5, 5.41) is 3.72. The number of hydrogen-bond acceptors (Lipinski definition) is 2. The van der Waals surface area contributed by atoms with Crippen molar-refractivity contribution >= 4 is 0 Å². The number of nitrogens with one attached hydrogen (secondary N) is 1. The minimum Gasteiger partial charge on any atom is -0.308 e. The number of likely N-dealkylation sites (tertiary alicyclic amines) is 1. The van der Waals surface area contributed by atoms with Crippen LogP contribution in [0.2, 0.25) is 0 Å². The first kappa shape index (κ1) is 10.4. The zero-order chi connectivity index (χ0) is 10.4. The summed E-state index contributed by atoms with van der Waals surface area (Å²) in [7, 11) is 0. The zero-order valence-corrected chi connectivity index (χ0v) is 10.1. The Morgan fingerprint density at radius 3 is 2.50 bits per heavy atom. The predicted octanol–water partition coefficient (Wildman–Crippen LogP) is 1.86. The Morgan fingerprint density at radius 1 is 1.36 bits per heavy atom. The molecule has 0 radical (unpaired) electrons. The van der Waals surface area contributed by atoms with Crippen molar-refractivity contribution in [3.05, 3.63) is 0 Å². The summed E-state index contributed by atoms with van der Waals surface area (Å²) in [4.78, 5) is 2.63. The van der Waals surface area contributed by atoms with E-state index < -0.39 is 0 Å². The van der Waals surface area contributed by atoms with Gasteiger partial charge in [-0.1, -0.05) is 13.8 Å². The molecular formula is C12H24N2. The van der Waals surface area contributed by atoms with Crippen LogP contribution in [0.3, 0.4) is 0 Å². The van der Waals surface area contributed by atoms with Crippen molar-refractivity contribution in [2.45, 2.75) is 51.6 Å². The molecule has 2 heterocycles. The second-order valence-corrected chi connectivity index (χ2v) is 5.95. The molecule has 2 heteroatoms. The van der Waals surface area contributed by atoms with Gasteiger partial charge in [-0.2, -0.15) is 0 Å². The topological polar surface area (TPSA) is 15.3 Å². The summed E-state index contributed by atoms with van der Waals surface area (Å²) in [6.45, 7) is 13.1. The standard InChI is InChI=1S/C12H24N2/c1-10(2)8-14-9-12(11(14,3)4)6-5-7-13-12/h10,13H,5-9H2,1-4H3. The molecule has 2 saturated heterocycles. The Kier molecular flexibility index (Phi) is 2.39. The highest BCUT2D eigenvalue weighted by molar-refractivity contribution is 5.19. The van der Waals surface area contributed by atoms with Gasteiger partial charge < -0.3 is 5.32 Å². The van der Waals surface area contributed by atoms with Gasteiger partial charge in [-0.05, 0) is 39.2 Å². The average Bonchev–Trinajstić information content (AvgIpc) is 2.54. The van der Waals surface area contributed by atoms with Crippen molar-refractivity contribution in [2.75, 3.05) is 19.6 Å². The summed E-state index contributed by atoms with van der Waals surface area (Å²) in [6, 6.07) is 0. The molecule has 2 fully saturated rings. The number of nitrogens with zero attached hydrogens (tertiary/aromatic N) is 1. The highest BCUT2D eigenvalue weighted by Crippen LogP contribution is 2.45. The lowest BCUT2D eigenvalue weighted by atomic mass is 9.68. The van der Waals surface area contributed by atoms with Gasteiger partial charge in [-0.3, -0.25) is 4.90 Å². The highest BCUT2D eigenvalue weighted by Gasteiger charge is 2.59. The zero-order valence-electron chi connectivity index (χ0n) is 10.1. The van der Waals surface area contributed by atoms with Crippen molar-refractivity contribution < 1.29 is 0 Å². The van der Waals surface area contributed by atoms with Gasteiger partial charge in [0.15, 0.2) is 0 Å². The van der Waals surface area contributed by atoms with Crippen molar-refractivity contribution in [1.29, 1.82) is 0 Å².